The summed E-state index contributed by atoms with van der Waals surface area (Å²) in [5, 5.41) is 0. The zero-order chi connectivity index (χ0) is 11.6. The molecule has 5 heteroatoms. The van der Waals surface area contributed by atoms with Crippen LogP contribution in [0, 0.1) is 0 Å². The van der Waals surface area contributed by atoms with Crippen LogP contribution in [-0.2, 0) is 14.9 Å². The molecular formula is C11H10INO3. The van der Waals surface area contributed by atoms with Gasteiger partial charge in [-0.3, -0.25) is 9.59 Å². The maximum absolute atomic E-state index is 11.8. The molecule has 1 aliphatic rings. The summed E-state index contributed by atoms with van der Waals surface area (Å²) < 4.78 is 5.36. The minimum absolute atomic E-state index is 0.238. The molecule has 0 spiro atoms. The van der Waals surface area contributed by atoms with Gasteiger partial charge in [0.05, 0.1) is 5.69 Å². The first-order valence-electron chi connectivity index (χ1n) is 4.89. The number of nitrogens with zero attached hydrogens (tertiary/aromatic N) is 1. The molecule has 0 N–H and O–H groups in total. The quantitative estimate of drug-likeness (QED) is 0.366. The van der Waals surface area contributed by atoms with Crippen LogP contribution in [0.5, 0.6) is 0 Å². The predicted octanol–water partition coefficient (Wildman–Crippen LogP) is 1.86. The molecule has 4 nitrogen and oxygen atoms in total. The van der Waals surface area contributed by atoms with Crippen LogP contribution in [-0.4, -0.2) is 21.9 Å². The van der Waals surface area contributed by atoms with E-state index >= 15 is 0 Å². The number of alkyl halides is 1. The molecule has 1 aliphatic carbocycles. The van der Waals surface area contributed by atoms with Gasteiger partial charge in [0, 0.05) is 0 Å². The summed E-state index contributed by atoms with van der Waals surface area (Å²) in [6.07, 6.45) is 2.18. The third-order valence-corrected chi connectivity index (χ3v) is 3.02. The Morgan fingerprint density at radius 1 is 1.56 bits per heavy atom. The van der Waals surface area contributed by atoms with Gasteiger partial charge >= 0.3 is 5.97 Å². The van der Waals surface area contributed by atoms with Crippen molar-refractivity contribution < 1.29 is 14.3 Å². The van der Waals surface area contributed by atoms with E-state index < -0.39 is 5.41 Å². The van der Waals surface area contributed by atoms with Crippen molar-refractivity contribution in [3.8, 4) is 0 Å². The molecule has 0 aliphatic heterocycles. The van der Waals surface area contributed by atoms with Crippen LogP contribution in [0.2, 0.25) is 0 Å². The number of aromatic nitrogens is 1. The summed E-state index contributed by atoms with van der Waals surface area (Å²) in [7, 11) is 0. The second kappa shape index (κ2) is 4.48. The maximum atomic E-state index is 11.8. The minimum atomic E-state index is -0.593. The van der Waals surface area contributed by atoms with Crippen molar-refractivity contribution >= 4 is 34.8 Å². The lowest BCUT2D eigenvalue weighted by molar-refractivity contribution is -0.144. The minimum Gasteiger partial charge on any atom is -0.454 e. The zero-order valence-electron chi connectivity index (χ0n) is 8.48. The van der Waals surface area contributed by atoms with Crippen LogP contribution in [0.1, 0.15) is 29.0 Å². The van der Waals surface area contributed by atoms with Crippen molar-refractivity contribution in [2.75, 3.05) is 4.61 Å². The van der Waals surface area contributed by atoms with E-state index in [1.807, 2.05) is 22.6 Å². The molecule has 84 valence electrons. The number of rotatable bonds is 4. The number of carbonyl (C=O) groups is 2. The van der Waals surface area contributed by atoms with E-state index in [4.69, 9.17) is 4.74 Å². The second-order valence-corrected chi connectivity index (χ2v) is 4.31. The highest BCUT2D eigenvalue weighted by Crippen LogP contribution is 2.48. The standard InChI is InChI=1S/C11H10INO3/c12-7-16-10(15)11(4-5-11)9-3-1-2-8(6-14)13-9/h1-3,6H,4-5,7H2. The highest BCUT2D eigenvalue weighted by Gasteiger charge is 2.54. The van der Waals surface area contributed by atoms with Crippen LogP contribution < -0.4 is 0 Å². The summed E-state index contributed by atoms with van der Waals surface area (Å²) in [6.45, 7) is 0. The smallest absolute Gasteiger partial charge is 0.318 e. The number of carbonyl (C=O) groups excluding carboxylic acids is 2. The van der Waals surface area contributed by atoms with Gasteiger partial charge in [-0.05, 0) is 47.6 Å². The van der Waals surface area contributed by atoms with E-state index in [1.165, 1.54) is 0 Å². The SMILES string of the molecule is O=Cc1cccc(C2(C(=O)OCI)CC2)n1. The van der Waals surface area contributed by atoms with E-state index in [-0.39, 0.29) is 5.97 Å². The van der Waals surface area contributed by atoms with Gasteiger partial charge in [0.25, 0.3) is 0 Å². The Morgan fingerprint density at radius 3 is 2.88 bits per heavy atom. The van der Waals surface area contributed by atoms with Gasteiger partial charge in [0.15, 0.2) is 6.29 Å². The van der Waals surface area contributed by atoms with Crippen LogP contribution >= 0.6 is 22.6 Å². The van der Waals surface area contributed by atoms with Crippen LogP contribution in [0.25, 0.3) is 0 Å². The van der Waals surface area contributed by atoms with E-state index in [2.05, 4.69) is 4.98 Å². The predicted molar refractivity (Wildman–Crippen MR) is 65.5 cm³/mol. The van der Waals surface area contributed by atoms with Gasteiger partial charge in [-0.1, -0.05) is 6.07 Å². The normalized spacial score (nSPS) is 16.6. The molecule has 0 unspecified atom stereocenters. The molecule has 0 saturated heterocycles. The number of aldehydes is 1. The lowest BCUT2D eigenvalue weighted by atomic mass is 10.0. The topological polar surface area (TPSA) is 56.3 Å². The molecule has 16 heavy (non-hydrogen) atoms. The van der Waals surface area contributed by atoms with Gasteiger partial charge in [0.1, 0.15) is 15.7 Å². The highest BCUT2D eigenvalue weighted by atomic mass is 127. The lowest BCUT2D eigenvalue weighted by Gasteiger charge is -2.12. The first-order valence-corrected chi connectivity index (χ1v) is 6.41. The fourth-order valence-corrected chi connectivity index (χ4v) is 1.94. The van der Waals surface area contributed by atoms with Crippen molar-refractivity contribution in [3.63, 3.8) is 0 Å². The van der Waals surface area contributed by atoms with Crippen molar-refractivity contribution in [3.05, 3.63) is 29.6 Å². The van der Waals surface area contributed by atoms with Gasteiger partial charge in [-0.25, -0.2) is 4.98 Å². The van der Waals surface area contributed by atoms with E-state index in [1.54, 1.807) is 18.2 Å². The van der Waals surface area contributed by atoms with E-state index in [9.17, 15) is 9.59 Å². The number of hydrogen-bond donors (Lipinski definition) is 0. The van der Waals surface area contributed by atoms with Crippen LogP contribution in [0.15, 0.2) is 18.2 Å². The lowest BCUT2D eigenvalue weighted by Crippen LogP contribution is -2.24. The van der Waals surface area contributed by atoms with E-state index in [0.29, 0.717) is 22.3 Å². The van der Waals surface area contributed by atoms with Crippen molar-refractivity contribution in [2.24, 2.45) is 0 Å². The number of ether oxygens (including phenoxy) is 1. The largest absolute Gasteiger partial charge is 0.454 e. The molecule has 2 rings (SSSR count). The molecule has 0 amide bonds. The van der Waals surface area contributed by atoms with Crippen molar-refractivity contribution in [1.82, 2.24) is 4.98 Å². The average Bonchev–Trinajstić information content (AvgIpc) is 3.11. The molecule has 1 aromatic rings. The molecule has 0 bridgehead atoms. The summed E-state index contributed by atoms with van der Waals surface area (Å²) in [4.78, 5) is 26.6. The molecule has 1 heterocycles. The van der Waals surface area contributed by atoms with Crippen LogP contribution in [0.3, 0.4) is 0 Å². The van der Waals surface area contributed by atoms with Gasteiger partial charge in [-0.2, -0.15) is 0 Å². The fourth-order valence-electron chi connectivity index (χ4n) is 1.66. The first kappa shape index (κ1) is 11.5. The van der Waals surface area contributed by atoms with Gasteiger partial charge in [-0.15, -0.1) is 0 Å². The van der Waals surface area contributed by atoms with Gasteiger partial charge < -0.3 is 4.74 Å². The fraction of sp³-hybridized carbons (Fsp3) is 0.364. The number of esters is 1. The summed E-state index contributed by atoms with van der Waals surface area (Å²) in [6, 6.07) is 5.13. The Bertz CT molecular complexity index is 429. The molecular weight excluding hydrogens is 321 g/mol. The van der Waals surface area contributed by atoms with Crippen molar-refractivity contribution in [2.45, 2.75) is 18.3 Å². The zero-order valence-corrected chi connectivity index (χ0v) is 10.6. The summed E-state index contributed by atoms with van der Waals surface area (Å²) in [5.41, 5.74) is 0.405. The average molecular weight is 331 g/mol. The monoisotopic (exact) mass is 331 g/mol. The second-order valence-electron chi connectivity index (χ2n) is 3.69. The highest BCUT2D eigenvalue weighted by molar-refractivity contribution is 14.1. The molecule has 0 atom stereocenters. The Kier molecular flexibility index (Phi) is 3.22. The maximum Gasteiger partial charge on any atom is 0.318 e. The Labute approximate surface area is 107 Å². The number of pyridine rings is 1. The molecule has 1 aromatic heterocycles. The van der Waals surface area contributed by atoms with Crippen LogP contribution in [0.4, 0.5) is 0 Å². The Balaban J connectivity index is 2.29. The number of halogens is 1. The molecule has 0 radical (unpaired) electrons. The van der Waals surface area contributed by atoms with Crippen molar-refractivity contribution in [1.29, 1.82) is 0 Å². The van der Waals surface area contributed by atoms with E-state index in [0.717, 1.165) is 12.8 Å². The molecule has 1 fully saturated rings. The molecule has 1 saturated carbocycles. The molecule has 0 aromatic carbocycles. The first-order chi connectivity index (χ1) is 7.73. The summed E-state index contributed by atoms with van der Waals surface area (Å²) in [5.74, 6) is -0.238. The third kappa shape index (κ3) is 1.95. The summed E-state index contributed by atoms with van der Waals surface area (Å²) >= 11 is 1.98. The Hall–Kier alpha value is -0.980. The van der Waals surface area contributed by atoms with Gasteiger partial charge in [0.2, 0.25) is 0 Å². The Morgan fingerprint density at radius 2 is 2.31 bits per heavy atom. The number of hydrogen-bond acceptors (Lipinski definition) is 4. The third-order valence-electron chi connectivity index (χ3n) is 2.71.